The smallest absolute Gasteiger partial charge is 0.254 e. The number of halogens is 4. The number of rotatable bonds is 5. The van der Waals surface area contributed by atoms with E-state index in [-0.39, 0.29) is 12.6 Å². The molecule has 0 spiro atoms. The number of nitrogens with one attached hydrogen (secondary N) is 1. The fraction of sp³-hybridized carbons (Fsp3) is 0.235. The van der Waals surface area contributed by atoms with Crippen LogP contribution in [0.1, 0.15) is 22.0 Å². The molecular formula is C17H16ClF3N2O. The highest BCUT2D eigenvalue weighted by Crippen LogP contribution is 2.20. The van der Waals surface area contributed by atoms with Gasteiger partial charge in [0.25, 0.3) is 5.91 Å². The number of carbonyl (C=O) groups excluding carboxylic acids is 1. The third kappa shape index (κ3) is 4.07. The van der Waals surface area contributed by atoms with Gasteiger partial charge in [0.15, 0.2) is 17.5 Å². The molecule has 1 N–H and O–H groups in total. The quantitative estimate of drug-likeness (QED) is 0.827. The molecule has 128 valence electrons. The third-order valence-corrected chi connectivity index (χ3v) is 3.87. The van der Waals surface area contributed by atoms with Crippen molar-refractivity contribution in [2.45, 2.75) is 6.04 Å². The number of amides is 1. The van der Waals surface area contributed by atoms with E-state index in [9.17, 15) is 18.0 Å². The molecule has 0 saturated carbocycles. The molecule has 0 fully saturated rings. The molecule has 0 bridgehead atoms. The maximum atomic E-state index is 13.7. The second-order valence-electron chi connectivity index (χ2n) is 5.46. The predicted molar refractivity (Wildman–Crippen MR) is 86.5 cm³/mol. The Hall–Kier alpha value is -2.05. The van der Waals surface area contributed by atoms with Gasteiger partial charge in [-0.15, -0.1) is 0 Å². The molecule has 2 aromatic carbocycles. The Kier molecular flexibility index (Phi) is 5.85. The molecule has 1 unspecified atom stereocenters. The van der Waals surface area contributed by atoms with E-state index in [0.29, 0.717) is 5.02 Å². The molecule has 0 radical (unpaired) electrons. The summed E-state index contributed by atoms with van der Waals surface area (Å²) in [6, 6.07) is 8.52. The summed E-state index contributed by atoms with van der Waals surface area (Å²) < 4.78 is 39.8. The van der Waals surface area contributed by atoms with E-state index in [0.717, 1.165) is 17.7 Å². The summed E-state index contributed by atoms with van der Waals surface area (Å²) in [5, 5.41) is 3.13. The Morgan fingerprint density at radius 1 is 1.08 bits per heavy atom. The van der Waals surface area contributed by atoms with E-state index in [1.807, 2.05) is 31.1 Å². The summed E-state index contributed by atoms with van der Waals surface area (Å²) in [7, 11) is 3.65. The Balaban J connectivity index is 2.14. The van der Waals surface area contributed by atoms with Gasteiger partial charge in [-0.25, -0.2) is 13.2 Å². The lowest BCUT2D eigenvalue weighted by Gasteiger charge is -2.25. The van der Waals surface area contributed by atoms with E-state index < -0.39 is 28.9 Å². The number of carbonyl (C=O) groups is 1. The highest BCUT2D eigenvalue weighted by molar-refractivity contribution is 6.30. The Bertz CT molecular complexity index is 735. The van der Waals surface area contributed by atoms with Crippen molar-refractivity contribution in [3.05, 3.63) is 70.0 Å². The van der Waals surface area contributed by atoms with E-state index in [2.05, 4.69) is 5.32 Å². The summed E-state index contributed by atoms with van der Waals surface area (Å²) >= 11 is 5.86. The zero-order valence-electron chi connectivity index (χ0n) is 13.1. The molecule has 3 nitrogen and oxygen atoms in total. The lowest BCUT2D eigenvalue weighted by Crippen LogP contribution is -2.35. The largest absolute Gasteiger partial charge is 0.350 e. The number of hydrogen-bond acceptors (Lipinski definition) is 2. The Labute approximate surface area is 143 Å². The van der Waals surface area contributed by atoms with Crippen LogP contribution in [0.5, 0.6) is 0 Å². The molecule has 24 heavy (non-hydrogen) atoms. The maximum Gasteiger partial charge on any atom is 0.254 e. The summed E-state index contributed by atoms with van der Waals surface area (Å²) in [4.78, 5) is 13.9. The monoisotopic (exact) mass is 356 g/mol. The minimum atomic E-state index is -1.66. The molecule has 0 aromatic heterocycles. The second kappa shape index (κ2) is 7.68. The molecule has 2 aromatic rings. The van der Waals surface area contributed by atoms with Crippen molar-refractivity contribution < 1.29 is 18.0 Å². The van der Waals surface area contributed by atoms with Crippen molar-refractivity contribution in [2.24, 2.45) is 0 Å². The molecule has 0 aliphatic rings. The lowest BCUT2D eigenvalue weighted by atomic mass is 10.1. The molecule has 0 aliphatic heterocycles. The average Bonchev–Trinajstić information content (AvgIpc) is 2.54. The maximum absolute atomic E-state index is 13.7. The van der Waals surface area contributed by atoms with Gasteiger partial charge < -0.3 is 10.2 Å². The van der Waals surface area contributed by atoms with Crippen LogP contribution in [0.15, 0.2) is 36.4 Å². The van der Waals surface area contributed by atoms with Gasteiger partial charge in [0, 0.05) is 11.6 Å². The topological polar surface area (TPSA) is 32.3 Å². The van der Waals surface area contributed by atoms with Crippen LogP contribution in [0.4, 0.5) is 13.2 Å². The summed E-state index contributed by atoms with van der Waals surface area (Å²) in [6.07, 6.45) is 0. The molecular weight excluding hydrogens is 341 g/mol. The molecule has 0 aliphatic carbocycles. The lowest BCUT2D eigenvalue weighted by molar-refractivity contribution is 0.0936. The van der Waals surface area contributed by atoms with Gasteiger partial charge in [-0.05, 0) is 43.9 Å². The van der Waals surface area contributed by atoms with Crippen LogP contribution in [-0.2, 0) is 0 Å². The molecule has 1 atom stereocenters. The highest BCUT2D eigenvalue weighted by atomic mass is 35.5. The third-order valence-electron chi connectivity index (χ3n) is 3.61. The molecule has 0 saturated heterocycles. The number of hydrogen-bond donors (Lipinski definition) is 1. The van der Waals surface area contributed by atoms with Crippen molar-refractivity contribution in [2.75, 3.05) is 20.6 Å². The van der Waals surface area contributed by atoms with Gasteiger partial charge in [0.2, 0.25) is 0 Å². The van der Waals surface area contributed by atoms with Crippen LogP contribution in [0.2, 0.25) is 5.02 Å². The minimum absolute atomic E-state index is 0.159. The van der Waals surface area contributed by atoms with Gasteiger partial charge >= 0.3 is 0 Å². The number of likely N-dealkylation sites (N-methyl/N-ethyl adjacent to an activating group) is 1. The minimum Gasteiger partial charge on any atom is -0.350 e. The van der Waals surface area contributed by atoms with E-state index in [1.54, 1.807) is 12.1 Å². The van der Waals surface area contributed by atoms with E-state index in [1.165, 1.54) is 0 Å². The number of nitrogens with zero attached hydrogens (tertiary/aromatic N) is 1. The molecule has 7 heteroatoms. The first-order valence-electron chi connectivity index (χ1n) is 7.15. The van der Waals surface area contributed by atoms with Crippen LogP contribution in [0, 0.1) is 17.5 Å². The molecule has 0 heterocycles. The number of benzene rings is 2. The van der Waals surface area contributed by atoms with E-state index >= 15 is 0 Å². The first-order valence-corrected chi connectivity index (χ1v) is 7.52. The van der Waals surface area contributed by atoms with Crippen molar-refractivity contribution in [3.8, 4) is 0 Å². The van der Waals surface area contributed by atoms with Crippen LogP contribution >= 0.6 is 11.6 Å². The van der Waals surface area contributed by atoms with Gasteiger partial charge in [-0.2, -0.15) is 0 Å². The van der Waals surface area contributed by atoms with Crippen molar-refractivity contribution in [3.63, 3.8) is 0 Å². The summed E-state index contributed by atoms with van der Waals surface area (Å²) in [6.45, 7) is 0.159. The van der Waals surface area contributed by atoms with Gasteiger partial charge in [0.1, 0.15) is 0 Å². The SMILES string of the molecule is CN(C)C(CNC(=O)c1ccc(F)c(F)c1F)c1ccc(Cl)cc1. The van der Waals surface area contributed by atoms with Crippen LogP contribution < -0.4 is 5.32 Å². The first-order chi connectivity index (χ1) is 11.3. The molecule has 1 amide bonds. The van der Waals surface area contributed by atoms with Crippen LogP contribution in [0.3, 0.4) is 0 Å². The van der Waals surface area contributed by atoms with Crippen molar-refractivity contribution in [1.29, 1.82) is 0 Å². The fourth-order valence-electron chi connectivity index (χ4n) is 2.27. The predicted octanol–water partition coefficient (Wildman–Crippen LogP) is 3.79. The highest BCUT2D eigenvalue weighted by Gasteiger charge is 2.21. The first kappa shape index (κ1) is 18.3. The Morgan fingerprint density at radius 2 is 1.71 bits per heavy atom. The molecule has 2 rings (SSSR count). The standard InChI is InChI=1S/C17H16ClF3N2O/c1-23(2)14(10-3-5-11(18)6-4-10)9-22-17(24)12-7-8-13(19)16(21)15(12)20/h3-8,14H,9H2,1-2H3,(H,22,24). The average molecular weight is 357 g/mol. The van der Waals surface area contributed by atoms with Gasteiger partial charge in [0.05, 0.1) is 11.6 Å². The Morgan fingerprint density at radius 3 is 2.29 bits per heavy atom. The summed E-state index contributed by atoms with van der Waals surface area (Å²) in [5.74, 6) is -5.31. The normalized spacial score (nSPS) is 12.3. The van der Waals surface area contributed by atoms with Crippen LogP contribution in [-0.4, -0.2) is 31.4 Å². The van der Waals surface area contributed by atoms with Crippen LogP contribution in [0.25, 0.3) is 0 Å². The summed E-state index contributed by atoms with van der Waals surface area (Å²) in [5.41, 5.74) is 0.359. The van der Waals surface area contributed by atoms with Gasteiger partial charge in [-0.1, -0.05) is 23.7 Å². The van der Waals surface area contributed by atoms with E-state index in [4.69, 9.17) is 11.6 Å². The zero-order valence-corrected chi connectivity index (χ0v) is 13.9. The van der Waals surface area contributed by atoms with Gasteiger partial charge in [-0.3, -0.25) is 4.79 Å². The van der Waals surface area contributed by atoms with Crippen molar-refractivity contribution in [1.82, 2.24) is 10.2 Å². The second-order valence-corrected chi connectivity index (χ2v) is 5.90. The van der Waals surface area contributed by atoms with Crippen molar-refractivity contribution >= 4 is 17.5 Å². The zero-order chi connectivity index (χ0) is 17.9. The fourth-order valence-corrected chi connectivity index (χ4v) is 2.40.